The first-order valence-corrected chi connectivity index (χ1v) is 14.8. The van der Waals surface area contributed by atoms with Gasteiger partial charge >= 0.3 is 6.18 Å². The van der Waals surface area contributed by atoms with Gasteiger partial charge in [0.05, 0.1) is 36.6 Å². The van der Waals surface area contributed by atoms with Crippen molar-refractivity contribution in [1.82, 2.24) is 9.80 Å². The number of allylic oxidation sites excluding steroid dienone is 1. The fourth-order valence-electron chi connectivity index (χ4n) is 7.93. The molecule has 1 aromatic rings. The van der Waals surface area contributed by atoms with Crippen LogP contribution in [-0.4, -0.2) is 102 Å². The molecule has 6 N–H and O–H groups in total. The van der Waals surface area contributed by atoms with E-state index in [1.807, 2.05) is 20.8 Å². The number of nitrogens with one attached hydrogen (secondary N) is 1. The lowest BCUT2D eigenvalue weighted by Crippen LogP contribution is -2.64. The van der Waals surface area contributed by atoms with E-state index in [1.165, 1.54) is 14.2 Å². The molecule has 3 aliphatic rings. The summed E-state index contributed by atoms with van der Waals surface area (Å²) in [6.07, 6.45) is -5.26. The molecule has 0 heterocycles. The fourth-order valence-corrected chi connectivity index (χ4v) is 7.93. The Morgan fingerprint density at radius 2 is 1.80 bits per heavy atom. The lowest BCUT2D eigenvalue weighted by molar-refractivity contribution is -0.139. The van der Waals surface area contributed by atoms with E-state index in [1.54, 1.807) is 30.9 Å². The van der Waals surface area contributed by atoms with Crippen LogP contribution in [0.2, 0.25) is 0 Å². The average molecular weight is 653 g/mol. The number of methoxy groups -OCH3 is 2. The van der Waals surface area contributed by atoms with Crippen molar-refractivity contribution in [2.45, 2.75) is 64.0 Å². The summed E-state index contributed by atoms with van der Waals surface area (Å²) in [6.45, 7) is 4.98. The smallest absolute Gasteiger partial charge is 0.417 e. The molecule has 0 radical (unpaired) electrons. The highest BCUT2D eigenvalue weighted by Crippen LogP contribution is 2.55. The van der Waals surface area contributed by atoms with Gasteiger partial charge in [0, 0.05) is 31.2 Å². The van der Waals surface area contributed by atoms with Gasteiger partial charge in [-0.1, -0.05) is 20.8 Å². The lowest BCUT2D eigenvalue weighted by atomic mass is 9.58. The molecule has 4 rings (SSSR count). The average Bonchev–Trinajstić information content (AvgIpc) is 2.90. The van der Waals surface area contributed by atoms with Crippen molar-refractivity contribution in [3.8, 4) is 5.75 Å². The van der Waals surface area contributed by atoms with Crippen LogP contribution in [0.3, 0.4) is 0 Å². The normalized spacial score (nSPS) is 25.9. The number of aromatic hydroxyl groups is 1. The molecule has 0 saturated carbocycles. The van der Waals surface area contributed by atoms with Gasteiger partial charge in [0.15, 0.2) is 11.4 Å². The van der Waals surface area contributed by atoms with E-state index < -0.39 is 86.7 Å². The van der Waals surface area contributed by atoms with Gasteiger partial charge in [0.25, 0.3) is 5.91 Å². The van der Waals surface area contributed by atoms with Gasteiger partial charge in [0.1, 0.15) is 22.8 Å². The summed E-state index contributed by atoms with van der Waals surface area (Å²) >= 11 is 0. The van der Waals surface area contributed by atoms with Crippen LogP contribution in [0.5, 0.6) is 5.75 Å². The number of phenols is 1. The second kappa shape index (κ2) is 12.0. The Labute approximate surface area is 265 Å². The number of benzene rings is 1. The SMILES string of the molecule is COC1=C2C(=O)c3c(O)cc(CN(C)[C@H](CO)C(C)(C)C)c(C(F)(F)F)c3C[C@H]2C[C@H]2[C@H](N(C)C)C(O)=C(C(N)=O)C(=N)[C@@]12OC. The Hall–Kier alpha value is -3.46. The Morgan fingerprint density at radius 3 is 2.26 bits per heavy atom. The van der Waals surface area contributed by atoms with Crippen LogP contribution in [0.4, 0.5) is 13.2 Å². The number of carbonyl (C=O) groups is 2. The number of aliphatic hydroxyl groups is 2. The number of hydrogen-bond donors (Lipinski definition) is 5. The van der Waals surface area contributed by atoms with Crippen LogP contribution in [0.1, 0.15) is 54.2 Å². The summed E-state index contributed by atoms with van der Waals surface area (Å²) in [5.41, 5.74) is -0.121. The number of carbonyl (C=O) groups excluding carboxylic acids is 2. The number of ether oxygens (including phenoxy) is 2. The van der Waals surface area contributed by atoms with Crippen LogP contribution in [0, 0.1) is 22.7 Å². The number of primary amides is 1. The molecule has 0 unspecified atom stereocenters. The van der Waals surface area contributed by atoms with Crippen LogP contribution in [0.15, 0.2) is 28.7 Å². The number of Topliss-reactive ketones (excluding diaryl/α,β-unsaturated/α-hetero) is 1. The maximum Gasteiger partial charge on any atom is 0.417 e. The summed E-state index contributed by atoms with van der Waals surface area (Å²) in [4.78, 5) is 29.9. The highest BCUT2D eigenvalue weighted by atomic mass is 19.4. The number of amides is 1. The summed E-state index contributed by atoms with van der Waals surface area (Å²) in [6, 6.07) is -0.555. The number of ketones is 1. The van der Waals surface area contributed by atoms with E-state index in [4.69, 9.17) is 20.6 Å². The maximum atomic E-state index is 15.0. The predicted molar refractivity (Wildman–Crippen MR) is 162 cm³/mol. The first-order valence-electron chi connectivity index (χ1n) is 14.8. The number of likely N-dealkylation sites (N-methyl/N-ethyl adjacent to an activating group) is 2. The first-order chi connectivity index (χ1) is 21.2. The Morgan fingerprint density at radius 1 is 1.20 bits per heavy atom. The number of phenolic OH excluding ortho intramolecular Hbond substituents is 1. The Balaban J connectivity index is 1.99. The monoisotopic (exact) mass is 652 g/mol. The van der Waals surface area contributed by atoms with Crippen molar-refractivity contribution in [3.05, 3.63) is 51.0 Å². The van der Waals surface area contributed by atoms with Crippen LogP contribution < -0.4 is 5.73 Å². The molecule has 5 atom stereocenters. The van der Waals surface area contributed by atoms with Gasteiger partial charge < -0.3 is 35.9 Å². The van der Waals surface area contributed by atoms with Crippen molar-refractivity contribution in [2.75, 3.05) is 42.0 Å². The van der Waals surface area contributed by atoms with Crippen molar-refractivity contribution in [2.24, 2.45) is 23.0 Å². The molecule has 0 aliphatic heterocycles. The van der Waals surface area contributed by atoms with Gasteiger partial charge in [-0.25, -0.2) is 0 Å². The number of halogens is 3. The molecule has 0 aromatic heterocycles. The van der Waals surface area contributed by atoms with Gasteiger partial charge in [-0.2, -0.15) is 13.2 Å². The van der Waals surface area contributed by atoms with E-state index in [0.29, 0.717) is 0 Å². The van der Waals surface area contributed by atoms with Crippen molar-refractivity contribution < 1.29 is 47.6 Å². The molecule has 1 amide bonds. The van der Waals surface area contributed by atoms with Crippen molar-refractivity contribution in [1.29, 1.82) is 5.41 Å². The molecular formula is C32H43F3N4O7. The molecular weight excluding hydrogens is 609 g/mol. The number of hydrogen-bond acceptors (Lipinski definition) is 10. The summed E-state index contributed by atoms with van der Waals surface area (Å²) in [5.74, 6) is -5.14. The molecule has 14 heteroatoms. The van der Waals surface area contributed by atoms with E-state index in [9.17, 15) is 38.1 Å². The van der Waals surface area contributed by atoms with E-state index in [0.717, 1.165) is 6.07 Å². The molecule has 254 valence electrons. The molecule has 3 aliphatic carbocycles. The van der Waals surface area contributed by atoms with E-state index in [2.05, 4.69) is 0 Å². The molecule has 11 nitrogen and oxygen atoms in total. The summed E-state index contributed by atoms with van der Waals surface area (Å²) in [5, 5.41) is 41.4. The molecule has 0 spiro atoms. The second-order valence-corrected chi connectivity index (χ2v) is 13.6. The molecule has 1 aromatic carbocycles. The second-order valence-electron chi connectivity index (χ2n) is 13.6. The first kappa shape index (κ1) is 35.4. The number of nitrogens with zero attached hydrogens (tertiary/aromatic N) is 2. The lowest BCUT2D eigenvalue weighted by Gasteiger charge is -2.53. The molecule has 0 fully saturated rings. The highest BCUT2D eigenvalue weighted by molar-refractivity contribution is 6.26. The standard InChI is InChI=1S/C32H43F3N4O7/c1-30(2,3)19(13-40)39(6)12-15-11-18(41)21-16(23(15)32(33,34)35)9-14-10-17-24(38(4)5)26(43)22(29(37)44)27(36)31(17,46-8)28(45-7)20(14)25(21)42/h11,14,17,19,24,36,40-41,43H,9-10,12-13H2,1-8H3,(H2,37,44)/t14-,17-,19+,24-,31+/m0/s1. The van der Waals surface area contributed by atoms with Crippen molar-refractivity contribution >= 4 is 17.4 Å². The molecule has 0 saturated heterocycles. The third-order valence-corrected chi connectivity index (χ3v) is 9.74. The van der Waals surface area contributed by atoms with Crippen LogP contribution in [-0.2, 0) is 33.4 Å². The molecule has 0 bridgehead atoms. The fraction of sp³-hybridized carbons (Fsp3) is 0.594. The maximum absolute atomic E-state index is 15.0. The highest BCUT2D eigenvalue weighted by Gasteiger charge is 2.63. The topological polar surface area (TPSA) is 170 Å². The zero-order valence-electron chi connectivity index (χ0n) is 27.3. The zero-order valence-corrected chi connectivity index (χ0v) is 27.3. The van der Waals surface area contributed by atoms with Gasteiger partial charge in [-0.15, -0.1) is 0 Å². The number of fused-ring (bicyclic) bond motifs is 3. The van der Waals surface area contributed by atoms with E-state index in [-0.39, 0.29) is 48.5 Å². The van der Waals surface area contributed by atoms with E-state index >= 15 is 0 Å². The van der Waals surface area contributed by atoms with Gasteiger partial charge in [-0.3, -0.25) is 19.4 Å². The number of alkyl halides is 3. The number of nitrogens with two attached hydrogens (primary N) is 1. The zero-order chi connectivity index (χ0) is 34.8. The number of rotatable bonds is 8. The van der Waals surface area contributed by atoms with Crippen molar-refractivity contribution in [3.63, 3.8) is 0 Å². The van der Waals surface area contributed by atoms with Crippen LogP contribution >= 0.6 is 0 Å². The minimum Gasteiger partial charge on any atom is -0.510 e. The minimum atomic E-state index is -4.91. The Kier molecular flexibility index (Phi) is 9.21. The summed E-state index contributed by atoms with van der Waals surface area (Å²) in [7, 11) is 7.28. The predicted octanol–water partition coefficient (Wildman–Crippen LogP) is 3.17. The quantitative estimate of drug-likeness (QED) is 0.283. The van der Waals surface area contributed by atoms with Gasteiger partial charge in [0.2, 0.25) is 0 Å². The summed E-state index contributed by atoms with van der Waals surface area (Å²) < 4.78 is 56.6. The van der Waals surface area contributed by atoms with Crippen LogP contribution in [0.25, 0.3) is 0 Å². The third-order valence-electron chi connectivity index (χ3n) is 9.74. The Bertz CT molecular complexity index is 1530. The minimum absolute atomic E-state index is 0.0403. The van der Waals surface area contributed by atoms with Gasteiger partial charge in [-0.05, 0) is 62.5 Å². The number of aliphatic hydroxyl groups excluding tert-OH is 2. The molecule has 46 heavy (non-hydrogen) atoms. The largest absolute Gasteiger partial charge is 0.510 e. The third kappa shape index (κ3) is 5.28.